The lowest BCUT2D eigenvalue weighted by molar-refractivity contribution is -0.157. The first kappa shape index (κ1) is 27.2. The number of carboxylic acid groups (broad SMARTS) is 1. The summed E-state index contributed by atoms with van der Waals surface area (Å²) in [6.45, 7) is 10.4. The third-order valence-corrected chi connectivity index (χ3v) is 6.00. The summed E-state index contributed by atoms with van der Waals surface area (Å²) in [4.78, 5) is 49.6. The van der Waals surface area contributed by atoms with E-state index in [9.17, 15) is 14.4 Å². The smallest absolute Gasteiger partial charge is 0.408 e. The molecule has 0 bridgehead atoms. The van der Waals surface area contributed by atoms with Crippen molar-refractivity contribution in [1.82, 2.24) is 20.3 Å². The molecule has 0 saturated heterocycles. The fourth-order valence-corrected chi connectivity index (χ4v) is 4.50. The maximum atomic E-state index is 12.8. The summed E-state index contributed by atoms with van der Waals surface area (Å²) < 4.78 is 10.8. The number of esters is 1. The van der Waals surface area contributed by atoms with Gasteiger partial charge in [0.05, 0.1) is 22.1 Å². The Morgan fingerprint density at radius 1 is 0.917 bits per heavy atom. The van der Waals surface area contributed by atoms with Crippen LogP contribution in [0, 0.1) is 0 Å². The topological polar surface area (TPSA) is 141 Å². The number of alkyl carbamates (subject to hydrolysis) is 1. The second-order valence-electron chi connectivity index (χ2n) is 9.81. The molecule has 0 unspecified atom stereocenters. The fraction of sp³-hybridized carbons (Fsp3) is 0.417. The van der Waals surface area contributed by atoms with Crippen molar-refractivity contribution in [3.63, 3.8) is 0 Å². The van der Waals surface area contributed by atoms with Gasteiger partial charge in [-0.2, -0.15) is 0 Å². The first-order valence-electron chi connectivity index (χ1n) is 11.0. The quantitative estimate of drug-likeness (QED) is 0.410. The van der Waals surface area contributed by atoms with Gasteiger partial charge in [0.2, 0.25) is 0 Å². The summed E-state index contributed by atoms with van der Waals surface area (Å²) >= 11 is 2.51. The number of thiazole rings is 2. The van der Waals surface area contributed by atoms with E-state index in [0.717, 1.165) is 0 Å². The zero-order chi connectivity index (χ0) is 26.7. The van der Waals surface area contributed by atoms with Gasteiger partial charge in [-0.3, -0.25) is 0 Å². The largest absolute Gasteiger partial charge is 0.476 e. The van der Waals surface area contributed by atoms with Crippen LogP contribution in [0.1, 0.15) is 57.0 Å². The van der Waals surface area contributed by atoms with Crippen LogP contribution in [0.4, 0.5) is 4.79 Å². The van der Waals surface area contributed by atoms with Crippen molar-refractivity contribution in [2.45, 2.75) is 65.2 Å². The lowest BCUT2D eigenvalue weighted by Gasteiger charge is -2.26. The van der Waals surface area contributed by atoms with Gasteiger partial charge in [0.15, 0.2) is 5.69 Å². The zero-order valence-corrected chi connectivity index (χ0v) is 22.5. The van der Waals surface area contributed by atoms with Crippen molar-refractivity contribution in [1.29, 1.82) is 0 Å². The second-order valence-corrected chi connectivity index (χ2v) is 11.6. The van der Waals surface area contributed by atoms with Gasteiger partial charge < -0.3 is 19.9 Å². The van der Waals surface area contributed by atoms with Gasteiger partial charge in [0, 0.05) is 17.2 Å². The van der Waals surface area contributed by atoms with Crippen molar-refractivity contribution >= 4 is 40.7 Å². The molecule has 0 radical (unpaired) electrons. The van der Waals surface area contributed by atoms with Crippen LogP contribution in [-0.2, 0) is 20.7 Å². The SMILES string of the molecule is CC(C)(C)OC(=O)N[C@@H](Cc1nc(-c2cccc(-c3nc(C(=O)O)cs3)n2)cs1)C(=O)OC(C)(C)C. The summed E-state index contributed by atoms with van der Waals surface area (Å²) in [7, 11) is 0. The molecule has 3 rings (SSSR count). The van der Waals surface area contributed by atoms with Gasteiger partial charge in [-0.25, -0.2) is 29.3 Å². The van der Waals surface area contributed by atoms with Crippen LogP contribution in [0.25, 0.3) is 22.1 Å². The minimum atomic E-state index is -1.10. The van der Waals surface area contributed by atoms with Crippen molar-refractivity contribution in [3.05, 3.63) is 39.7 Å². The molecule has 0 fully saturated rings. The normalized spacial score (nSPS) is 12.6. The highest BCUT2D eigenvalue weighted by molar-refractivity contribution is 7.13. The van der Waals surface area contributed by atoms with E-state index in [1.165, 1.54) is 28.1 Å². The van der Waals surface area contributed by atoms with Gasteiger partial charge in [0.25, 0.3) is 0 Å². The second kappa shape index (κ2) is 10.7. The highest BCUT2D eigenvalue weighted by Gasteiger charge is 2.30. The van der Waals surface area contributed by atoms with Crippen LogP contribution in [0.3, 0.4) is 0 Å². The maximum absolute atomic E-state index is 12.8. The van der Waals surface area contributed by atoms with Crippen LogP contribution in [0.5, 0.6) is 0 Å². The molecule has 2 N–H and O–H groups in total. The molecule has 192 valence electrons. The molecular formula is C24H28N4O6S2. The Morgan fingerprint density at radius 3 is 2.19 bits per heavy atom. The predicted octanol–water partition coefficient (Wildman–Crippen LogP) is 4.80. The minimum Gasteiger partial charge on any atom is -0.476 e. The van der Waals surface area contributed by atoms with E-state index in [0.29, 0.717) is 27.1 Å². The molecule has 1 amide bonds. The summed E-state index contributed by atoms with van der Waals surface area (Å²) in [6.07, 6.45) is -0.624. The molecule has 0 spiro atoms. The van der Waals surface area contributed by atoms with E-state index in [-0.39, 0.29) is 12.1 Å². The first-order chi connectivity index (χ1) is 16.7. The number of nitrogens with one attached hydrogen (secondary N) is 1. The molecule has 0 aliphatic rings. The monoisotopic (exact) mass is 532 g/mol. The number of pyridine rings is 1. The molecule has 3 aromatic heterocycles. The Labute approximate surface area is 216 Å². The Kier molecular flexibility index (Phi) is 8.09. The highest BCUT2D eigenvalue weighted by atomic mass is 32.1. The van der Waals surface area contributed by atoms with Gasteiger partial charge >= 0.3 is 18.0 Å². The van der Waals surface area contributed by atoms with E-state index >= 15 is 0 Å². The Balaban J connectivity index is 1.80. The Bertz CT molecular complexity index is 1260. The third-order valence-electron chi connectivity index (χ3n) is 4.27. The van der Waals surface area contributed by atoms with Gasteiger partial charge in [-0.1, -0.05) is 6.07 Å². The zero-order valence-electron chi connectivity index (χ0n) is 20.8. The number of carboxylic acids is 1. The molecule has 36 heavy (non-hydrogen) atoms. The van der Waals surface area contributed by atoms with Crippen molar-refractivity contribution in [2.24, 2.45) is 0 Å². The number of aromatic nitrogens is 3. The average molecular weight is 533 g/mol. The number of rotatable bonds is 7. The standard InChI is InChI=1S/C24H28N4O6S2/c1-23(2,3)33-21(31)15(28-22(32)34-24(4,5)6)10-18-26-16(11-35-18)13-8-7-9-14(25-13)19-27-17(12-36-19)20(29)30/h7-9,11-12,15H,10H2,1-6H3,(H,28,32)(H,29,30)/t15-/m0/s1. The van der Waals surface area contributed by atoms with Gasteiger partial charge in [-0.15, -0.1) is 22.7 Å². The molecule has 3 aromatic rings. The summed E-state index contributed by atoms with van der Waals surface area (Å²) in [5, 5.41) is 16.0. The number of hydrogen-bond donors (Lipinski definition) is 2. The molecular weight excluding hydrogens is 504 g/mol. The first-order valence-corrected chi connectivity index (χ1v) is 12.8. The van der Waals surface area contributed by atoms with Crippen LogP contribution in [-0.4, -0.2) is 55.3 Å². The van der Waals surface area contributed by atoms with Gasteiger partial charge in [0.1, 0.15) is 22.3 Å². The van der Waals surface area contributed by atoms with Crippen LogP contribution < -0.4 is 5.32 Å². The van der Waals surface area contributed by atoms with E-state index in [2.05, 4.69) is 20.3 Å². The highest BCUT2D eigenvalue weighted by Crippen LogP contribution is 2.27. The van der Waals surface area contributed by atoms with Gasteiger partial charge in [-0.05, 0) is 53.7 Å². The summed E-state index contributed by atoms with van der Waals surface area (Å²) in [6, 6.07) is 4.30. The lowest BCUT2D eigenvalue weighted by atomic mass is 10.1. The maximum Gasteiger partial charge on any atom is 0.408 e. The number of hydrogen-bond acceptors (Lipinski definition) is 10. The number of carbonyl (C=O) groups is 3. The van der Waals surface area contributed by atoms with Crippen LogP contribution in [0.15, 0.2) is 29.0 Å². The number of nitrogens with zero attached hydrogens (tertiary/aromatic N) is 3. The average Bonchev–Trinajstić information content (AvgIpc) is 3.41. The number of carbonyl (C=O) groups excluding carboxylic acids is 2. The Hall–Kier alpha value is -3.38. The molecule has 3 heterocycles. The number of amides is 1. The van der Waals surface area contributed by atoms with Crippen molar-refractivity contribution in [3.8, 4) is 22.1 Å². The number of ether oxygens (including phenoxy) is 2. The van der Waals surface area contributed by atoms with Crippen molar-refractivity contribution in [2.75, 3.05) is 0 Å². The van der Waals surface area contributed by atoms with Crippen molar-refractivity contribution < 1.29 is 29.0 Å². The molecule has 10 nitrogen and oxygen atoms in total. The van der Waals surface area contributed by atoms with E-state index in [4.69, 9.17) is 14.6 Å². The molecule has 0 saturated carbocycles. The fourth-order valence-electron chi connectivity index (χ4n) is 2.90. The summed E-state index contributed by atoms with van der Waals surface area (Å²) in [5.74, 6) is -1.69. The molecule has 0 aliphatic heterocycles. The molecule has 0 aliphatic carbocycles. The van der Waals surface area contributed by atoms with Crippen LogP contribution in [0.2, 0.25) is 0 Å². The van der Waals surface area contributed by atoms with Crippen LogP contribution >= 0.6 is 22.7 Å². The lowest BCUT2D eigenvalue weighted by Crippen LogP contribution is -2.47. The molecule has 0 aromatic carbocycles. The molecule has 12 heteroatoms. The number of aromatic carboxylic acids is 1. The van der Waals surface area contributed by atoms with E-state index in [1.807, 2.05) is 0 Å². The predicted molar refractivity (Wildman–Crippen MR) is 136 cm³/mol. The van der Waals surface area contributed by atoms with E-state index in [1.54, 1.807) is 65.1 Å². The van der Waals surface area contributed by atoms with E-state index < -0.39 is 35.3 Å². The molecule has 1 atom stereocenters. The minimum absolute atomic E-state index is 0.0381. The Morgan fingerprint density at radius 2 is 1.58 bits per heavy atom. The third kappa shape index (κ3) is 7.82. The summed E-state index contributed by atoms with van der Waals surface area (Å²) in [5.41, 5.74) is 0.167.